The van der Waals surface area contributed by atoms with Crippen molar-refractivity contribution in [3.05, 3.63) is 123 Å². The minimum atomic E-state index is -1.01. The molecule has 0 aliphatic carbocycles. The van der Waals surface area contributed by atoms with Gasteiger partial charge in [-0.3, -0.25) is 38.4 Å². The molecule has 0 saturated heterocycles. The second-order valence-corrected chi connectivity index (χ2v) is 19.6. The average molecular weight is 1090 g/mol. The van der Waals surface area contributed by atoms with Gasteiger partial charge in [0.25, 0.3) is 23.6 Å². The van der Waals surface area contributed by atoms with Crippen LogP contribution in [-0.4, -0.2) is 118 Å². The number of nitrogens with one attached hydrogen (secondary N) is 3. The van der Waals surface area contributed by atoms with Crippen LogP contribution in [0.1, 0.15) is 141 Å². The van der Waals surface area contributed by atoms with Crippen molar-refractivity contribution in [3.63, 3.8) is 0 Å². The maximum absolute atomic E-state index is 14.3. The highest BCUT2D eigenvalue weighted by Gasteiger charge is 2.28. The van der Waals surface area contributed by atoms with Gasteiger partial charge in [-0.25, -0.2) is 0 Å². The first kappa shape index (κ1) is 64.2. The fourth-order valence-corrected chi connectivity index (χ4v) is 9.07. The van der Waals surface area contributed by atoms with Crippen molar-refractivity contribution < 1.29 is 52.6 Å². The Labute approximate surface area is 463 Å². The van der Waals surface area contributed by atoms with Crippen LogP contribution in [0.2, 0.25) is 0 Å². The number of nitrogens with two attached hydrogens (primary N) is 6. The number of benzene rings is 4. The lowest BCUT2D eigenvalue weighted by Gasteiger charge is -2.21. The molecule has 4 aromatic rings. The number of primary amides is 1. The van der Waals surface area contributed by atoms with Crippen molar-refractivity contribution in [2.24, 2.45) is 34.4 Å². The van der Waals surface area contributed by atoms with Crippen LogP contribution in [0, 0.1) is 0 Å². The van der Waals surface area contributed by atoms with Crippen molar-refractivity contribution in [2.45, 2.75) is 127 Å². The second kappa shape index (κ2) is 33.8. The molecule has 0 saturated carbocycles. The molecule has 20 nitrogen and oxygen atoms in total. The van der Waals surface area contributed by atoms with Crippen molar-refractivity contribution in [1.29, 1.82) is 0 Å². The number of hydrogen-bond acceptors (Lipinski definition) is 16. The number of ether oxygens (including phenoxy) is 3. The first-order chi connectivity index (χ1) is 38.0. The Hall–Kier alpha value is -7.36. The highest BCUT2D eigenvalue weighted by Crippen LogP contribution is 2.25. The van der Waals surface area contributed by atoms with Gasteiger partial charge < -0.3 is 64.6 Å². The maximum atomic E-state index is 14.3. The van der Waals surface area contributed by atoms with E-state index in [9.17, 15) is 38.4 Å². The van der Waals surface area contributed by atoms with E-state index in [1.54, 1.807) is 60.7 Å². The summed E-state index contributed by atoms with van der Waals surface area (Å²) in [6.07, 6.45) is 5.76. The molecule has 0 unspecified atom stereocenters. The lowest BCUT2D eigenvalue weighted by molar-refractivity contribution is -0.121. The van der Waals surface area contributed by atoms with Crippen molar-refractivity contribution in [2.75, 3.05) is 47.5 Å². The SMILES string of the molecule is COc1ccc(CC(=O)[C@H](CCCCN)NC(=O)c2cc(CC(=O)[C@H](CCCCN)NC(=O)c3cc(CC(=O)[C@H](CCCCN)NC(=O)c4cccc(CC(=O)[C@@H](N)CCCCN)c4)ccc3OC)ccc2OC)cc1C(N)=O. The number of rotatable bonds is 38. The molecule has 79 heavy (non-hydrogen) atoms. The predicted octanol–water partition coefficient (Wildman–Crippen LogP) is 3.50. The highest BCUT2D eigenvalue weighted by molar-refractivity contribution is 6.03. The largest absolute Gasteiger partial charge is 0.496 e. The third-order valence-electron chi connectivity index (χ3n) is 13.6. The average Bonchev–Trinajstić information content (AvgIpc) is 3.45. The molecule has 4 amide bonds. The van der Waals surface area contributed by atoms with Gasteiger partial charge in [0.2, 0.25) is 0 Å². The number of amides is 4. The Morgan fingerprint density at radius 2 is 0.759 bits per heavy atom. The van der Waals surface area contributed by atoms with Crippen LogP contribution in [0.15, 0.2) is 78.9 Å². The minimum absolute atomic E-state index is 0.0463. The molecule has 0 aliphatic rings. The summed E-state index contributed by atoms with van der Waals surface area (Å²) in [7, 11) is 4.18. The van der Waals surface area contributed by atoms with E-state index < -0.39 is 47.8 Å². The maximum Gasteiger partial charge on any atom is 0.255 e. The van der Waals surface area contributed by atoms with Crippen LogP contribution in [0.3, 0.4) is 0 Å². The van der Waals surface area contributed by atoms with Gasteiger partial charge in [0.05, 0.1) is 62.2 Å². The molecule has 4 atom stereocenters. The van der Waals surface area contributed by atoms with E-state index in [-0.39, 0.29) is 101 Å². The zero-order chi connectivity index (χ0) is 57.9. The topological polar surface area (TPSA) is 356 Å². The number of methoxy groups -OCH3 is 3. The summed E-state index contributed by atoms with van der Waals surface area (Å²) < 4.78 is 16.4. The predicted molar refractivity (Wildman–Crippen MR) is 302 cm³/mol. The molecule has 428 valence electrons. The van der Waals surface area contributed by atoms with E-state index in [0.29, 0.717) is 99.8 Å². The molecule has 4 aromatic carbocycles. The summed E-state index contributed by atoms with van der Waals surface area (Å²) in [5, 5.41) is 8.62. The van der Waals surface area contributed by atoms with Crippen LogP contribution in [0.25, 0.3) is 0 Å². The van der Waals surface area contributed by atoms with E-state index in [0.717, 1.165) is 12.8 Å². The molecule has 0 radical (unpaired) electrons. The zero-order valence-corrected chi connectivity index (χ0v) is 45.9. The summed E-state index contributed by atoms with van der Waals surface area (Å²) in [4.78, 5) is 109. The molecule has 0 aliphatic heterocycles. The Balaban J connectivity index is 1.53. The van der Waals surface area contributed by atoms with Crippen LogP contribution in [0.5, 0.6) is 17.2 Å². The second-order valence-electron chi connectivity index (χ2n) is 19.6. The van der Waals surface area contributed by atoms with Gasteiger partial charge in [-0.2, -0.15) is 0 Å². The Bertz CT molecular complexity index is 2720. The van der Waals surface area contributed by atoms with Gasteiger partial charge in [0, 0.05) is 31.2 Å². The number of carbonyl (C=O) groups excluding carboxylic acids is 8. The standard InChI is InChI=1S/C59H81N9O11/c1-77-53-22-19-38(30-42(53)56(65)73)34-51(71)47(17-6-10-27-62)67-58(75)44-32-40(21-24-55(44)79-3)36-52(72)48(18-7-11-28-63)68-59(76)43-31-39(20-23-54(43)78-2)35-50(70)46(16-5-9-26-61)66-57(74)41-14-12-13-37(29-41)33-49(69)45(64)15-4-8-25-60/h12-14,19-24,29-32,45-48H,4-11,15-18,25-28,33-36,60-64H2,1-3H3,(H2,65,73)(H,66,74)(H,67,75)(H,68,76)/t45-,46-,47-,48-/m0/s1. The Morgan fingerprint density at radius 1 is 0.418 bits per heavy atom. The molecule has 4 rings (SSSR count). The van der Waals surface area contributed by atoms with Gasteiger partial charge in [0.1, 0.15) is 17.2 Å². The number of carbonyl (C=O) groups is 8. The van der Waals surface area contributed by atoms with Gasteiger partial charge in [-0.15, -0.1) is 0 Å². The first-order valence-corrected chi connectivity index (χ1v) is 27.0. The first-order valence-electron chi connectivity index (χ1n) is 27.0. The molecule has 20 heteroatoms. The molecule has 0 spiro atoms. The van der Waals surface area contributed by atoms with Crippen molar-refractivity contribution in [1.82, 2.24) is 16.0 Å². The monoisotopic (exact) mass is 1090 g/mol. The third-order valence-corrected chi connectivity index (χ3v) is 13.6. The van der Waals surface area contributed by atoms with Gasteiger partial charge in [-0.1, -0.05) is 36.8 Å². The van der Waals surface area contributed by atoms with E-state index >= 15 is 0 Å². The van der Waals surface area contributed by atoms with E-state index in [4.69, 9.17) is 48.6 Å². The number of ketones is 4. The minimum Gasteiger partial charge on any atom is -0.496 e. The van der Waals surface area contributed by atoms with Crippen LogP contribution in [-0.2, 0) is 44.9 Å². The molecular weight excluding hydrogens is 1010 g/mol. The Kier molecular flexibility index (Phi) is 27.5. The van der Waals surface area contributed by atoms with Gasteiger partial charge >= 0.3 is 0 Å². The summed E-state index contributed by atoms with van der Waals surface area (Å²) in [6.45, 7) is 1.64. The van der Waals surface area contributed by atoms with E-state index in [2.05, 4.69) is 16.0 Å². The molecule has 0 bridgehead atoms. The number of hydrogen-bond donors (Lipinski definition) is 9. The quantitative estimate of drug-likeness (QED) is 0.0290. The molecule has 0 heterocycles. The zero-order valence-electron chi connectivity index (χ0n) is 45.9. The number of Topliss-reactive ketones (excluding diaryl/α,β-unsaturated/α-hetero) is 4. The third kappa shape index (κ3) is 20.4. The molecule has 15 N–H and O–H groups in total. The fourth-order valence-electron chi connectivity index (χ4n) is 9.07. The summed E-state index contributed by atoms with van der Waals surface area (Å²) in [5.74, 6) is -3.01. The summed E-state index contributed by atoms with van der Waals surface area (Å²) in [5.41, 5.74) is 37.1. The van der Waals surface area contributed by atoms with Crippen molar-refractivity contribution >= 4 is 46.8 Å². The van der Waals surface area contributed by atoms with E-state index in [1.807, 2.05) is 0 Å². The van der Waals surface area contributed by atoms with E-state index in [1.165, 1.54) is 39.5 Å². The highest BCUT2D eigenvalue weighted by atomic mass is 16.5. The normalized spacial score (nSPS) is 12.6. The number of unbranched alkanes of at least 4 members (excludes halogenated alkanes) is 4. The lowest BCUT2D eigenvalue weighted by atomic mass is 9.95. The summed E-state index contributed by atoms with van der Waals surface area (Å²) in [6, 6.07) is 17.2. The van der Waals surface area contributed by atoms with Crippen molar-refractivity contribution in [3.8, 4) is 17.2 Å². The fraction of sp³-hybridized carbons (Fsp3) is 0.458. The van der Waals surface area contributed by atoms with Crippen LogP contribution in [0.4, 0.5) is 0 Å². The molecule has 0 fully saturated rings. The Morgan fingerprint density at radius 3 is 1.14 bits per heavy atom. The van der Waals surface area contributed by atoms with Gasteiger partial charge in [0.15, 0.2) is 23.1 Å². The summed E-state index contributed by atoms with van der Waals surface area (Å²) >= 11 is 0. The molecule has 0 aromatic heterocycles. The van der Waals surface area contributed by atoms with Crippen LogP contribution >= 0.6 is 0 Å². The van der Waals surface area contributed by atoms with Gasteiger partial charge in [-0.05, 0) is 168 Å². The van der Waals surface area contributed by atoms with Crippen LogP contribution < -0.4 is 64.6 Å². The molecular formula is C59H81N9O11. The lowest BCUT2D eigenvalue weighted by Crippen LogP contribution is -2.42. The smallest absolute Gasteiger partial charge is 0.255 e.